The lowest BCUT2D eigenvalue weighted by molar-refractivity contribution is -0.140. The molecule has 108 valence electrons. The molecule has 0 radical (unpaired) electrons. The number of alkyl halides is 3. The van der Waals surface area contributed by atoms with Gasteiger partial charge in [-0.3, -0.25) is 16.3 Å². The van der Waals surface area contributed by atoms with Crippen molar-refractivity contribution in [1.29, 1.82) is 0 Å². The Morgan fingerprint density at radius 3 is 2.65 bits per heavy atom. The van der Waals surface area contributed by atoms with Gasteiger partial charge >= 0.3 is 6.18 Å². The van der Waals surface area contributed by atoms with Crippen molar-refractivity contribution in [1.82, 2.24) is 10.4 Å². The molecule has 20 heavy (non-hydrogen) atoms. The van der Waals surface area contributed by atoms with Crippen molar-refractivity contribution in [3.8, 4) is 0 Å². The lowest BCUT2D eigenvalue weighted by atomic mass is 10.00. The standard InChI is InChI=1S/C12H11F4N3S/c13-11-8(2-1-3-9(11)12(14,15)16)10(19-17)4-7-5-18-6-20-7/h1-3,5-6,10,19H,4,17H2. The number of nitrogens with one attached hydrogen (secondary N) is 1. The smallest absolute Gasteiger partial charge is 0.271 e. The van der Waals surface area contributed by atoms with Gasteiger partial charge in [-0.15, -0.1) is 11.3 Å². The van der Waals surface area contributed by atoms with Crippen molar-refractivity contribution >= 4 is 11.3 Å². The first-order valence-corrected chi connectivity index (χ1v) is 6.50. The molecule has 0 saturated carbocycles. The summed E-state index contributed by atoms with van der Waals surface area (Å²) in [5.74, 6) is 4.04. The summed E-state index contributed by atoms with van der Waals surface area (Å²) < 4.78 is 52.0. The van der Waals surface area contributed by atoms with E-state index in [0.29, 0.717) is 6.07 Å². The van der Waals surface area contributed by atoms with E-state index in [1.165, 1.54) is 17.4 Å². The molecule has 1 aromatic carbocycles. The summed E-state index contributed by atoms with van der Waals surface area (Å²) in [6.07, 6.45) is -2.90. The number of nitrogens with two attached hydrogens (primary N) is 1. The van der Waals surface area contributed by atoms with Crippen LogP contribution in [0, 0.1) is 5.82 Å². The summed E-state index contributed by atoms with van der Waals surface area (Å²) in [5.41, 5.74) is 2.53. The van der Waals surface area contributed by atoms with E-state index in [-0.39, 0.29) is 12.0 Å². The molecule has 0 spiro atoms. The van der Waals surface area contributed by atoms with Gasteiger partial charge in [0.15, 0.2) is 0 Å². The summed E-state index contributed by atoms with van der Waals surface area (Å²) in [4.78, 5) is 4.65. The molecule has 3 nitrogen and oxygen atoms in total. The van der Waals surface area contributed by atoms with Crippen LogP contribution < -0.4 is 11.3 Å². The molecule has 0 fully saturated rings. The van der Waals surface area contributed by atoms with Crippen LogP contribution in [0.15, 0.2) is 29.9 Å². The molecular weight excluding hydrogens is 294 g/mol. The van der Waals surface area contributed by atoms with Crippen LogP contribution in [0.5, 0.6) is 0 Å². The third kappa shape index (κ3) is 3.14. The SMILES string of the molecule is NNC(Cc1cncs1)c1cccc(C(F)(F)F)c1F. The average molecular weight is 305 g/mol. The fourth-order valence-corrected chi connectivity index (χ4v) is 2.48. The van der Waals surface area contributed by atoms with E-state index in [1.807, 2.05) is 0 Å². The molecule has 3 N–H and O–H groups in total. The third-order valence-corrected chi connectivity index (χ3v) is 3.60. The first kappa shape index (κ1) is 14.9. The maximum atomic E-state index is 14.0. The number of benzene rings is 1. The van der Waals surface area contributed by atoms with Crippen LogP contribution in [-0.2, 0) is 12.6 Å². The minimum Gasteiger partial charge on any atom is -0.271 e. The predicted molar refractivity (Wildman–Crippen MR) is 67.3 cm³/mol. The van der Waals surface area contributed by atoms with Crippen LogP contribution in [-0.4, -0.2) is 4.98 Å². The van der Waals surface area contributed by atoms with E-state index < -0.39 is 23.6 Å². The van der Waals surface area contributed by atoms with Crippen LogP contribution in [0.3, 0.4) is 0 Å². The second kappa shape index (κ2) is 5.86. The van der Waals surface area contributed by atoms with Gasteiger partial charge in [0, 0.05) is 23.1 Å². The molecule has 0 saturated heterocycles. The third-order valence-electron chi connectivity index (χ3n) is 2.80. The molecule has 2 aromatic rings. The molecule has 2 rings (SSSR count). The molecule has 0 aliphatic rings. The Hall–Kier alpha value is -1.51. The molecule has 8 heteroatoms. The second-order valence-electron chi connectivity index (χ2n) is 4.10. The van der Waals surface area contributed by atoms with Crippen molar-refractivity contribution in [3.63, 3.8) is 0 Å². The lowest BCUT2D eigenvalue weighted by Crippen LogP contribution is -2.30. The fourth-order valence-electron chi connectivity index (χ4n) is 1.84. The summed E-state index contributed by atoms with van der Waals surface area (Å²) in [7, 11) is 0. The number of thiazole rings is 1. The van der Waals surface area contributed by atoms with Gasteiger partial charge in [-0.25, -0.2) is 4.39 Å². The summed E-state index contributed by atoms with van der Waals surface area (Å²) in [6, 6.07) is 2.41. The zero-order valence-electron chi connectivity index (χ0n) is 10.1. The van der Waals surface area contributed by atoms with Crippen LogP contribution in [0.1, 0.15) is 22.0 Å². The number of rotatable bonds is 4. The van der Waals surface area contributed by atoms with Gasteiger partial charge in [0.25, 0.3) is 0 Å². The van der Waals surface area contributed by atoms with E-state index in [2.05, 4.69) is 10.4 Å². The molecule has 1 unspecified atom stereocenters. The van der Waals surface area contributed by atoms with E-state index in [1.54, 1.807) is 11.7 Å². The Morgan fingerprint density at radius 1 is 1.35 bits per heavy atom. The quantitative estimate of drug-likeness (QED) is 0.518. The van der Waals surface area contributed by atoms with Gasteiger partial charge in [-0.2, -0.15) is 13.2 Å². The molecule has 1 heterocycles. The molecule has 1 atom stereocenters. The molecule has 0 aliphatic heterocycles. The van der Waals surface area contributed by atoms with Crippen LogP contribution in [0.4, 0.5) is 17.6 Å². The molecule has 0 amide bonds. The Balaban J connectivity index is 2.35. The largest absolute Gasteiger partial charge is 0.419 e. The maximum absolute atomic E-state index is 14.0. The molecule has 0 aliphatic carbocycles. The van der Waals surface area contributed by atoms with Gasteiger partial charge in [0.1, 0.15) is 5.82 Å². The van der Waals surface area contributed by atoms with Gasteiger partial charge in [0.2, 0.25) is 0 Å². The van der Waals surface area contributed by atoms with E-state index in [0.717, 1.165) is 10.9 Å². The molecule has 0 bridgehead atoms. The second-order valence-corrected chi connectivity index (χ2v) is 5.07. The summed E-state index contributed by atoms with van der Waals surface area (Å²) >= 11 is 1.33. The Morgan fingerprint density at radius 2 is 2.10 bits per heavy atom. The minimum absolute atomic E-state index is 0.115. The van der Waals surface area contributed by atoms with Gasteiger partial charge in [0.05, 0.1) is 17.1 Å². The van der Waals surface area contributed by atoms with Gasteiger partial charge in [-0.1, -0.05) is 12.1 Å². The zero-order valence-corrected chi connectivity index (χ0v) is 10.9. The topological polar surface area (TPSA) is 50.9 Å². The minimum atomic E-state index is -4.73. The van der Waals surface area contributed by atoms with Crippen molar-refractivity contribution in [2.75, 3.05) is 0 Å². The Labute approximate surface area is 116 Å². The number of hydrogen-bond acceptors (Lipinski definition) is 4. The first-order valence-electron chi connectivity index (χ1n) is 5.62. The molecule has 1 aromatic heterocycles. The van der Waals surface area contributed by atoms with E-state index in [9.17, 15) is 17.6 Å². The highest BCUT2D eigenvalue weighted by Gasteiger charge is 2.35. The lowest BCUT2D eigenvalue weighted by Gasteiger charge is -2.18. The van der Waals surface area contributed by atoms with E-state index in [4.69, 9.17) is 5.84 Å². The first-order chi connectivity index (χ1) is 9.43. The summed E-state index contributed by atoms with van der Waals surface area (Å²) in [5, 5.41) is 0. The van der Waals surface area contributed by atoms with Gasteiger partial charge < -0.3 is 0 Å². The highest BCUT2D eigenvalue weighted by molar-refractivity contribution is 7.09. The number of hydrazine groups is 1. The highest BCUT2D eigenvalue weighted by atomic mass is 32.1. The average Bonchev–Trinajstić information content (AvgIpc) is 2.88. The van der Waals surface area contributed by atoms with Crippen LogP contribution in [0.25, 0.3) is 0 Å². The zero-order chi connectivity index (χ0) is 14.8. The van der Waals surface area contributed by atoms with Crippen molar-refractivity contribution in [2.24, 2.45) is 5.84 Å². The van der Waals surface area contributed by atoms with Crippen molar-refractivity contribution in [2.45, 2.75) is 18.6 Å². The van der Waals surface area contributed by atoms with Crippen molar-refractivity contribution < 1.29 is 17.6 Å². The summed E-state index contributed by atoms with van der Waals surface area (Å²) in [6.45, 7) is 0. The number of nitrogens with zero attached hydrogens (tertiary/aromatic N) is 1. The molecular formula is C12H11F4N3S. The number of halogens is 4. The predicted octanol–water partition coefficient (Wildman–Crippen LogP) is 3.05. The van der Waals surface area contributed by atoms with Crippen LogP contribution in [0.2, 0.25) is 0 Å². The van der Waals surface area contributed by atoms with Crippen LogP contribution >= 0.6 is 11.3 Å². The highest BCUT2D eigenvalue weighted by Crippen LogP contribution is 2.34. The number of hydrogen-bond donors (Lipinski definition) is 2. The Bertz CT molecular complexity index is 569. The van der Waals surface area contributed by atoms with Crippen molar-refractivity contribution in [3.05, 3.63) is 51.7 Å². The Kier molecular flexibility index (Phi) is 4.36. The normalized spacial score (nSPS) is 13.4. The fraction of sp³-hybridized carbons (Fsp3) is 0.250. The van der Waals surface area contributed by atoms with Gasteiger partial charge in [-0.05, 0) is 6.07 Å². The van der Waals surface area contributed by atoms with E-state index >= 15 is 0 Å². The monoisotopic (exact) mass is 305 g/mol. The maximum Gasteiger partial charge on any atom is 0.419 e. The number of aromatic nitrogens is 1.